The van der Waals surface area contributed by atoms with Crippen molar-refractivity contribution in [3.05, 3.63) is 53.9 Å². The molecule has 0 unspecified atom stereocenters. The highest BCUT2D eigenvalue weighted by molar-refractivity contribution is 7.89. The van der Waals surface area contributed by atoms with Gasteiger partial charge in [-0.3, -0.25) is 0 Å². The van der Waals surface area contributed by atoms with E-state index >= 15 is 0 Å². The number of hydrogen-bond acceptors (Lipinski definition) is 5. The van der Waals surface area contributed by atoms with E-state index in [1.807, 2.05) is 0 Å². The summed E-state index contributed by atoms with van der Waals surface area (Å²) in [5.74, 6) is -0.450. The van der Waals surface area contributed by atoms with Gasteiger partial charge in [-0.05, 0) is 29.8 Å². The third-order valence-corrected chi connectivity index (χ3v) is 5.92. The number of hydrogen-bond donors (Lipinski definition) is 0. The molecule has 8 heteroatoms. The molecule has 0 N–H and O–H groups in total. The van der Waals surface area contributed by atoms with E-state index in [1.54, 1.807) is 54.2 Å². The quantitative estimate of drug-likeness (QED) is 0.750. The Hall–Kier alpha value is -2.16. The molecule has 25 heavy (non-hydrogen) atoms. The lowest BCUT2D eigenvalue weighted by Gasteiger charge is -2.26. The fourth-order valence-corrected chi connectivity index (χ4v) is 4.11. The van der Waals surface area contributed by atoms with Gasteiger partial charge in [0.1, 0.15) is 12.3 Å². The summed E-state index contributed by atoms with van der Waals surface area (Å²) in [5, 5.41) is 0. The summed E-state index contributed by atoms with van der Waals surface area (Å²) in [4.78, 5) is 12.2. The molecular formula is C17H20N2O5S. The van der Waals surface area contributed by atoms with Crippen LogP contribution < -0.4 is 0 Å². The van der Waals surface area contributed by atoms with Gasteiger partial charge in [-0.1, -0.05) is 12.1 Å². The maximum atomic E-state index is 12.7. The highest BCUT2D eigenvalue weighted by Gasteiger charge is 2.26. The third kappa shape index (κ3) is 3.92. The molecule has 0 atom stereocenters. The normalized spacial score (nSPS) is 15.9. The topological polar surface area (TPSA) is 77.8 Å². The Bertz CT molecular complexity index is 853. The zero-order valence-electron chi connectivity index (χ0n) is 13.9. The molecule has 0 aliphatic carbocycles. The fraction of sp³-hybridized carbons (Fsp3) is 0.353. The molecule has 1 aliphatic rings. The van der Waals surface area contributed by atoms with Gasteiger partial charge in [0.15, 0.2) is 0 Å². The average molecular weight is 364 g/mol. The van der Waals surface area contributed by atoms with Crippen molar-refractivity contribution in [1.82, 2.24) is 8.87 Å². The average Bonchev–Trinajstić information content (AvgIpc) is 3.07. The van der Waals surface area contributed by atoms with Gasteiger partial charge < -0.3 is 14.0 Å². The second-order valence-corrected chi connectivity index (χ2v) is 7.68. The van der Waals surface area contributed by atoms with Crippen LogP contribution in [0.1, 0.15) is 16.1 Å². The summed E-state index contributed by atoms with van der Waals surface area (Å²) in [6, 6.07) is 9.90. The Balaban J connectivity index is 1.71. The first-order chi connectivity index (χ1) is 12.0. The first-order valence-electron chi connectivity index (χ1n) is 7.94. The van der Waals surface area contributed by atoms with E-state index in [1.165, 1.54) is 4.31 Å². The summed E-state index contributed by atoms with van der Waals surface area (Å²) in [6.45, 7) is 1.49. The van der Waals surface area contributed by atoms with Crippen LogP contribution in [0.15, 0.2) is 47.5 Å². The molecule has 0 amide bonds. The van der Waals surface area contributed by atoms with Crippen molar-refractivity contribution in [3.8, 4) is 0 Å². The van der Waals surface area contributed by atoms with E-state index in [4.69, 9.17) is 9.47 Å². The number of morpholine rings is 1. The highest BCUT2D eigenvalue weighted by Crippen LogP contribution is 2.19. The first kappa shape index (κ1) is 17.7. The van der Waals surface area contributed by atoms with Crippen molar-refractivity contribution >= 4 is 16.0 Å². The van der Waals surface area contributed by atoms with E-state index < -0.39 is 16.0 Å². The van der Waals surface area contributed by atoms with Crippen LogP contribution in [-0.4, -0.2) is 49.6 Å². The summed E-state index contributed by atoms with van der Waals surface area (Å²) in [5.41, 5.74) is 1.06. The monoisotopic (exact) mass is 364 g/mol. The Morgan fingerprint density at radius 2 is 1.96 bits per heavy atom. The van der Waals surface area contributed by atoms with Crippen molar-refractivity contribution in [2.75, 3.05) is 26.3 Å². The number of nitrogens with zero attached hydrogens (tertiary/aromatic N) is 2. The second kappa shape index (κ2) is 7.38. The number of benzene rings is 1. The number of carbonyl (C=O) groups is 1. The number of ether oxygens (including phenoxy) is 2. The maximum Gasteiger partial charge on any atom is 0.355 e. The van der Waals surface area contributed by atoms with Crippen LogP contribution in [0.25, 0.3) is 0 Å². The molecule has 2 aromatic rings. The lowest BCUT2D eigenvalue weighted by Crippen LogP contribution is -2.40. The lowest BCUT2D eigenvalue weighted by molar-refractivity contribution is 0.0461. The predicted octanol–water partition coefficient (Wildman–Crippen LogP) is 1.40. The van der Waals surface area contributed by atoms with E-state index in [0.717, 1.165) is 0 Å². The Morgan fingerprint density at radius 3 is 2.64 bits per heavy atom. The third-order valence-electron chi connectivity index (χ3n) is 4.03. The van der Waals surface area contributed by atoms with Crippen LogP contribution in [0.2, 0.25) is 0 Å². The molecule has 0 radical (unpaired) electrons. The Morgan fingerprint density at radius 1 is 1.20 bits per heavy atom. The Labute approximate surface area is 146 Å². The standard InChI is InChI=1S/C17H20N2O5S/c1-18-7-3-6-16(18)17(20)24-13-14-4-2-5-15(12-14)25(21,22)19-8-10-23-11-9-19/h2-7,12H,8-11,13H2,1H3. The molecular weight excluding hydrogens is 344 g/mol. The molecule has 3 rings (SSSR count). The van der Waals surface area contributed by atoms with E-state index in [0.29, 0.717) is 37.6 Å². The smallest absolute Gasteiger partial charge is 0.355 e. The number of esters is 1. The van der Waals surface area contributed by atoms with Gasteiger partial charge >= 0.3 is 5.97 Å². The minimum absolute atomic E-state index is 0.0104. The molecule has 1 aromatic carbocycles. The second-order valence-electron chi connectivity index (χ2n) is 5.74. The minimum atomic E-state index is -3.56. The van der Waals surface area contributed by atoms with Crippen molar-refractivity contribution in [1.29, 1.82) is 0 Å². The van der Waals surface area contributed by atoms with Gasteiger partial charge in [-0.2, -0.15) is 4.31 Å². The van der Waals surface area contributed by atoms with Crippen LogP contribution >= 0.6 is 0 Å². The molecule has 1 saturated heterocycles. The summed E-state index contributed by atoms with van der Waals surface area (Å²) >= 11 is 0. The number of aromatic nitrogens is 1. The fourth-order valence-electron chi connectivity index (χ4n) is 2.63. The zero-order valence-corrected chi connectivity index (χ0v) is 14.7. The lowest BCUT2D eigenvalue weighted by atomic mass is 10.2. The number of aryl methyl sites for hydroxylation is 1. The van der Waals surface area contributed by atoms with E-state index in [9.17, 15) is 13.2 Å². The Kier molecular flexibility index (Phi) is 5.22. The van der Waals surface area contributed by atoms with Crippen LogP contribution in [0.3, 0.4) is 0 Å². The molecule has 1 fully saturated rings. The van der Waals surface area contributed by atoms with Gasteiger partial charge in [-0.15, -0.1) is 0 Å². The van der Waals surface area contributed by atoms with E-state index in [2.05, 4.69) is 0 Å². The maximum absolute atomic E-state index is 12.7. The van der Waals surface area contributed by atoms with Gasteiger partial charge in [0.25, 0.3) is 0 Å². The summed E-state index contributed by atoms with van der Waals surface area (Å²) in [6.07, 6.45) is 1.76. The minimum Gasteiger partial charge on any atom is -0.456 e. The van der Waals surface area contributed by atoms with Gasteiger partial charge in [0.05, 0.1) is 18.1 Å². The van der Waals surface area contributed by atoms with Gasteiger partial charge in [0.2, 0.25) is 10.0 Å². The van der Waals surface area contributed by atoms with Crippen LogP contribution in [0.5, 0.6) is 0 Å². The molecule has 2 heterocycles. The predicted molar refractivity (Wildman–Crippen MR) is 90.6 cm³/mol. The highest BCUT2D eigenvalue weighted by atomic mass is 32.2. The summed E-state index contributed by atoms with van der Waals surface area (Å²) in [7, 11) is -1.81. The van der Waals surface area contributed by atoms with E-state index in [-0.39, 0.29) is 11.5 Å². The number of carbonyl (C=O) groups excluding carboxylic acids is 1. The van der Waals surface area contributed by atoms with Gasteiger partial charge in [-0.25, -0.2) is 13.2 Å². The molecule has 0 spiro atoms. The molecule has 7 nitrogen and oxygen atoms in total. The van der Waals surface area contributed by atoms with Crippen LogP contribution in [-0.2, 0) is 33.2 Å². The van der Waals surface area contributed by atoms with Gasteiger partial charge in [0, 0.05) is 26.3 Å². The molecule has 134 valence electrons. The molecule has 1 aromatic heterocycles. The molecule has 0 saturated carbocycles. The molecule has 1 aliphatic heterocycles. The number of sulfonamides is 1. The van der Waals surface area contributed by atoms with Crippen molar-refractivity contribution < 1.29 is 22.7 Å². The summed E-state index contributed by atoms with van der Waals surface area (Å²) < 4.78 is 38.9. The SMILES string of the molecule is Cn1cccc1C(=O)OCc1cccc(S(=O)(=O)N2CCOCC2)c1. The first-order valence-corrected chi connectivity index (χ1v) is 9.38. The number of rotatable bonds is 5. The zero-order chi connectivity index (χ0) is 17.9. The largest absolute Gasteiger partial charge is 0.456 e. The van der Waals surface area contributed by atoms with Crippen molar-refractivity contribution in [3.63, 3.8) is 0 Å². The van der Waals surface area contributed by atoms with Crippen LogP contribution in [0.4, 0.5) is 0 Å². The van der Waals surface area contributed by atoms with Crippen molar-refractivity contribution in [2.45, 2.75) is 11.5 Å². The molecule has 0 bridgehead atoms. The van der Waals surface area contributed by atoms with Crippen LogP contribution in [0, 0.1) is 0 Å². The van der Waals surface area contributed by atoms with Crippen molar-refractivity contribution in [2.24, 2.45) is 7.05 Å².